The number of nitrogens with zero attached hydrogens (tertiary/aromatic N) is 3. The molecule has 0 spiro atoms. The Bertz CT molecular complexity index is 2020. The molecular weight excluding hydrogens is 823 g/mol. The van der Waals surface area contributed by atoms with E-state index in [4.69, 9.17) is 14.4 Å². The van der Waals surface area contributed by atoms with Gasteiger partial charge in [-0.1, -0.05) is 91.0 Å². The van der Waals surface area contributed by atoms with Crippen molar-refractivity contribution in [3.05, 3.63) is 77.4 Å². The first-order chi connectivity index (χ1) is 24.2. The molecule has 1 aliphatic carbocycles. The first-order valence-electron chi connectivity index (χ1n) is 19.2. The van der Waals surface area contributed by atoms with Crippen LogP contribution in [0, 0.1) is 30.2 Å². The van der Waals surface area contributed by atoms with Crippen LogP contribution in [0.2, 0.25) is 0 Å². The molecule has 1 fully saturated rings. The molecule has 52 heavy (non-hydrogen) atoms. The van der Waals surface area contributed by atoms with Crippen LogP contribution in [-0.2, 0) is 30.3 Å². The zero-order chi connectivity index (χ0) is 37.1. The number of rotatable bonds is 9. The second-order valence-electron chi connectivity index (χ2n) is 16.4. The van der Waals surface area contributed by atoms with E-state index in [1.54, 1.807) is 6.33 Å². The molecule has 2 aromatic carbocycles. The van der Waals surface area contributed by atoms with Crippen LogP contribution in [0.3, 0.4) is 0 Å². The van der Waals surface area contributed by atoms with Crippen molar-refractivity contribution in [3.63, 3.8) is 0 Å². The van der Waals surface area contributed by atoms with Crippen LogP contribution in [0.25, 0.3) is 44.2 Å². The summed E-state index contributed by atoms with van der Waals surface area (Å²) >= 11 is 0. The average Bonchev–Trinajstić information content (AvgIpc) is 3.47. The van der Waals surface area contributed by atoms with Gasteiger partial charge in [-0.15, -0.1) is 18.2 Å². The van der Waals surface area contributed by atoms with Gasteiger partial charge in [-0.3, -0.25) is 14.8 Å². The number of aromatic nitrogens is 3. The number of hydrogen-bond donors (Lipinski definition) is 1. The summed E-state index contributed by atoms with van der Waals surface area (Å²) in [4.78, 5) is 25.9. The molecule has 5 aromatic rings. The normalized spacial score (nSPS) is 15.3. The number of aryl methyl sites for hydroxylation is 1. The van der Waals surface area contributed by atoms with E-state index in [1.807, 2.05) is 40.7 Å². The number of carbonyl (C=O) groups excluding carboxylic acids is 1. The predicted octanol–water partition coefficient (Wildman–Crippen LogP) is 12.5. The van der Waals surface area contributed by atoms with Crippen molar-refractivity contribution in [3.8, 4) is 11.3 Å². The fourth-order valence-corrected chi connectivity index (χ4v) is 7.51. The fourth-order valence-electron chi connectivity index (χ4n) is 7.51. The molecule has 0 aliphatic heterocycles. The predicted molar refractivity (Wildman–Crippen MR) is 211 cm³/mol. The van der Waals surface area contributed by atoms with E-state index in [2.05, 4.69) is 76.0 Å². The molecule has 1 saturated carbocycles. The third kappa shape index (κ3) is 9.20. The number of carbonyl (C=O) groups is 1. The summed E-state index contributed by atoms with van der Waals surface area (Å²) < 4.78 is 6.51. The van der Waals surface area contributed by atoms with E-state index in [-0.39, 0.29) is 48.9 Å². The van der Waals surface area contributed by atoms with Crippen molar-refractivity contribution < 1.29 is 34.4 Å². The van der Waals surface area contributed by atoms with Crippen molar-refractivity contribution in [2.75, 3.05) is 0 Å². The van der Waals surface area contributed by atoms with Gasteiger partial charge in [0.25, 0.3) is 0 Å². The Hall–Kier alpha value is -3.41. The van der Waals surface area contributed by atoms with Crippen molar-refractivity contribution in [1.29, 1.82) is 0 Å². The minimum atomic E-state index is -0.0770. The van der Waals surface area contributed by atoms with E-state index >= 15 is 0 Å². The summed E-state index contributed by atoms with van der Waals surface area (Å²) in [5, 5.41) is 11.8. The largest absolute Gasteiger partial charge is 0.512 e. The fraction of sp³-hybridized carbons (Fsp3) is 0.511. The Labute approximate surface area is 324 Å². The Kier molecular flexibility index (Phi) is 13.6. The second-order valence-corrected chi connectivity index (χ2v) is 16.4. The maximum atomic E-state index is 11.7. The molecule has 0 bridgehead atoms. The molecular formula is C45H58IrN3O3-. The molecule has 7 heteroatoms. The number of hydrogen-bond acceptors (Lipinski definition) is 6. The van der Waals surface area contributed by atoms with Gasteiger partial charge in [-0.2, -0.15) is 0 Å². The van der Waals surface area contributed by atoms with Crippen molar-refractivity contribution in [1.82, 2.24) is 15.0 Å². The van der Waals surface area contributed by atoms with Gasteiger partial charge >= 0.3 is 0 Å². The first kappa shape index (κ1) is 41.3. The maximum absolute atomic E-state index is 11.7. The monoisotopic (exact) mass is 881 g/mol. The number of fused-ring (bicyclic) bond motifs is 4. The van der Waals surface area contributed by atoms with Gasteiger partial charge in [0.15, 0.2) is 5.78 Å². The van der Waals surface area contributed by atoms with Crippen LogP contribution in [0.15, 0.2) is 59.0 Å². The summed E-state index contributed by atoms with van der Waals surface area (Å²) in [6.07, 6.45) is 11.6. The maximum Gasteiger partial charge on any atom is 0.162 e. The smallest absolute Gasteiger partial charge is 0.162 e. The van der Waals surface area contributed by atoms with Gasteiger partial charge in [0.05, 0.1) is 11.5 Å². The standard InChI is InChI=1S/C32H34N3O.C13H24O2.Ir/c1-19-7-8-22-15-23(16-25(27(22)35-19)31(2,3)4)28-30-29(34-18-33-28)24-10-9-21(17-26(24)36-30)20-11-13-32(5,6)14-12-20;1-5-10(6-2)12(14)9-13(15)11(7-3)8-4;/h7-10,16-18,20H,11-14H2,1-6H3;9-11,14H,5-8H2,1-4H3;/q-1;;/b;12-9-;. The van der Waals surface area contributed by atoms with Crippen LogP contribution in [0.4, 0.5) is 0 Å². The summed E-state index contributed by atoms with van der Waals surface area (Å²) in [6, 6.07) is 16.6. The van der Waals surface area contributed by atoms with Gasteiger partial charge in [-0.25, -0.2) is 4.98 Å². The zero-order valence-electron chi connectivity index (χ0n) is 32.9. The molecule has 6 nitrogen and oxygen atoms in total. The van der Waals surface area contributed by atoms with E-state index in [0.29, 0.717) is 11.3 Å². The van der Waals surface area contributed by atoms with Gasteiger partial charge in [-0.05, 0) is 92.7 Å². The molecule has 1 N–H and O–H groups in total. The summed E-state index contributed by atoms with van der Waals surface area (Å²) in [6.45, 7) is 21.5. The minimum absolute atomic E-state index is 0. The quantitative estimate of drug-likeness (QED) is 0.0901. The third-order valence-corrected chi connectivity index (χ3v) is 11.1. The molecule has 281 valence electrons. The molecule has 3 aromatic heterocycles. The number of pyridine rings is 1. The number of allylic oxidation sites excluding steroid dienone is 2. The van der Waals surface area contributed by atoms with Gasteiger partial charge in [0.1, 0.15) is 23.0 Å². The van der Waals surface area contributed by atoms with Crippen LogP contribution in [0.1, 0.15) is 136 Å². The molecule has 3 heterocycles. The SMILES string of the molecule is CCC(CC)C(=O)/C=C(\O)C(CC)CC.Cc1ccc2[c-]c(-c3ncnc4c3oc3cc(C5CCC(C)(C)CC5)ccc34)cc(C(C)(C)C)c2n1.[Ir]. The number of aliphatic hydroxyl groups excluding tert-OH is 1. The van der Waals surface area contributed by atoms with E-state index in [0.717, 1.165) is 75.6 Å². The Morgan fingerprint density at radius 3 is 2.23 bits per heavy atom. The van der Waals surface area contributed by atoms with E-state index in [1.165, 1.54) is 42.9 Å². The van der Waals surface area contributed by atoms with Gasteiger partial charge < -0.3 is 9.52 Å². The second kappa shape index (κ2) is 17.2. The van der Waals surface area contributed by atoms with Crippen molar-refractivity contribution >= 4 is 38.8 Å². The van der Waals surface area contributed by atoms with Crippen LogP contribution in [-0.4, -0.2) is 25.8 Å². The Morgan fingerprint density at radius 2 is 1.62 bits per heavy atom. The number of furan rings is 1. The molecule has 0 unspecified atom stereocenters. The van der Waals surface area contributed by atoms with Gasteiger partial charge in [0.2, 0.25) is 0 Å². The van der Waals surface area contributed by atoms with Crippen LogP contribution < -0.4 is 0 Å². The summed E-state index contributed by atoms with van der Waals surface area (Å²) in [7, 11) is 0. The first-order valence-corrected chi connectivity index (χ1v) is 19.2. The Balaban J connectivity index is 0.000000323. The zero-order valence-corrected chi connectivity index (χ0v) is 35.3. The molecule has 6 rings (SSSR count). The van der Waals surface area contributed by atoms with Crippen molar-refractivity contribution in [2.45, 2.75) is 132 Å². The number of aliphatic hydroxyl groups is 1. The molecule has 0 atom stereocenters. The molecule has 0 amide bonds. The number of ketones is 1. The molecule has 1 aliphatic rings. The Morgan fingerprint density at radius 1 is 0.962 bits per heavy atom. The van der Waals surface area contributed by atoms with Crippen LogP contribution in [0.5, 0.6) is 0 Å². The van der Waals surface area contributed by atoms with E-state index < -0.39 is 0 Å². The number of benzene rings is 2. The average molecular weight is 881 g/mol. The summed E-state index contributed by atoms with van der Waals surface area (Å²) in [5.74, 6) is 1.14. The molecule has 1 radical (unpaired) electrons. The van der Waals surface area contributed by atoms with Gasteiger partial charge in [0, 0.05) is 54.6 Å². The molecule has 0 saturated heterocycles. The van der Waals surface area contributed by atoms with E-state index in [9.17, 15) is 9.90 Å². The van der Waals surface area contributed by atoms with Crippen LogP contribution >= 0.6 is 0 Å². The summed E-state index contributed by atoms with van der Waals surface area (Å²) in [5.41, 5.74) is 9.12. The minimum Gasteiger partial charge on any atom is -0.512 e. The third-order valence-electron chi connectivity index (χ3n) is 11.1. The van der Waals surface area contributed by atoms with Crippen molar-refractivity contribution in [2.24, 2.45) is 17.3 Å². The topological polar surface area (TPSA) is 89.1 Å².